The van der Waals surface area contributed by atoms with E-state index in [0.29, 0.717) is 35.0 Å². The number of fused-ring (bicyclic) bond motifs is 2. The molecular formula is C22H19N3O3. The third-order valence-electron chi connectivity index (χ3n) is 4.52. The van der Waals surface area contributed by atoms with Gasteiger partial charge in [0.2, 0.25) is 5.91 Å². The molecule has 0 saturated heterocycles. The number of rotatable bonds is 4. The van der Waals surface area contributed by atoms with Gasteiger partial charge in [0.15, 0.2) is 5.75 Å². The van der Waals surface area contributed by atoms with Gasteiger partial charge in [-0.25, -0.2) is 0 Å². The third kappa shape index (κ3) is 3.44. The molecule has 0 atom stereocenters. The number of hydrogen-bond acceptors (Lipinski definition) is 4. The van der Waals surface area contributed by atoms with E-state index in [1.807, 2.05) is 25.1 Å². The van der Waals surface area contributed by atoms with E-state index in [9.17, 15) is 9.59 Å². The zero-order valence-corrected chi connectivity index (χ0v) is 15.4. The van der Waals surface area contributed by atoms with Crippen molar-refractivity contribution in [1.29, 1.82) is 0 Å². The van der Waals surface area contributed by atoms with Crippen LogP contribution in [0.1, 0.15) is 22.8 Å². The molecule has 2 heterocycles. The number of nitrogens with one attached hydrogen (secondary N) is 1. The molecular weight excluding hydrogens is 354 g/mol. The molecule has 0 aliphatic carbocycles. The molecule has 2 amide bonds. The van der Waals surface area contributed by atoms with Gasteiger partial charge in [-0.2, -0.15) is 0 Å². The summed E-state index contributed by atoms with van der Waals surface area (Å²) in [6.45, 7) is 2.43. The van der Waals surface area contributed by atoms with E-state index in [1.54, 1.807) is 53.7 Å². The molecule has 2 aromatic carbocycles. The van der Waals surface area contributed by atoms with Crippen LogP contribution in [-0.2, 0) is 11.2 Å². The lowest BCUT2D eigenvalue weighted by Crippen LogP contribution is -2.29. The Morgan fingerprint density at radius 3 is 2.75 bits per heavy atom. The standard InChI is InChI=1S/C22H19N3O3/c1-2-25-18-10-9-16(24-21(26)12-15-6-5-11-23-14-15)13-20(18)28-19-8-4-3-7-17(19)22(25)27/h3-11,13-14H,2,12H2,1H3,(H,24,26). The van der Waals surface area contributed by atoms with Crippen molar-refractivity contribution in [1.82, 2.24) is 4.98 Å². The quantitative estimate of drug-likeness (QED) is 0.749. The van der Waals surface area contributed by atoms with Gasteiger partial charge in [0.05, 0.1) is 17.7 Å². The van der Waals surface area contributed by atoms with Gasteiger partial charge in [-0.15, -0.1) is 0 Å². The second-order valence-corrected chi connectivity index (χ2v) is 6.42. The second-order valence-electron chi connectivity index (χ2n) is 6.42. The third-order valence-corrected chi connectivity index (χ3v) is 4.52. The first-order chi connectivity index (χ1) is 13.7. The van der Waals surface area contributed by atoms with Crippen LogP contribution in [-0.4, -0.2) is 23.3 Å². The SMILES string of the molecule is CCN1C(=O)c2ccccc2Oc2cc(NC(=O)Cc3cccnc3)ccc21. The molecule has 1 N–H and O–H groups in total. The van der Waals surface area contributed by atoms with E-state index in [1.165, 1.54) is 0 Å². The highest BCUT2D eigenvalue weighted by Crippen LogP contribution is 2.40. The summed E-state index contributed by atoms with van der Waals surface area (Å²) in [6.07, 6.45) is 3.57. The van der Waals surface area contributed by atoms with Crippen LogP contribution in [0.2, 0.25) is 0 Å². The summed E-state index contributed by atoms with van der Waals surface area (Å²) in [4.78, 5) is 30.9. The van der Waals surface area contributed by atoms with E-state index < -0.39 is 0 Å². The van der Waals surface area contributed by atoms with Crippen molar-refractivity contribution in [2.75, 3.05) is 16.8 Å². The minimum Gasteiger partial charge on any atom is -0.454 e. The molecule has 0 radical (unpaired) electrons. The lowest BCUT2D eigenvalue weighted by molar-refractivity contribution is -0.115. The Bertz CT molecular complexity index is 1030. The lowest BCUT2D eigenvalue weighted by Gasteiger charge is -2.20. The molecule has 1 aliphatic rings. The summed E-state index contributed by atoms with van der Waals surface area (Å²) in [6, 6.07) is 16.1. The van der Waals surface area contributed by atoms with Gasteiger partial charge >= 0.3 is 0 Å². The highest BCUT2D eigenvalue weighted by molar-refractivity contribution is 6.09. The van der Waals surface area contributed by atoms with Crippen molar-refractivity contribution in [3.63, 3.8) is 0 Å². The molecule has 1 aromatic heterocycles. The number of benzene rings is 2. The van der Waals surface area contributed by atoms with Crippen molar-refractivity contribution in [2.45, 2.75) is 13.3 Å². The molecule has 0 unspecified atom stereocenters. The smallest absolute Gasteiger partial charge is 0.262 e. The van der Waals surface area contributed by atoms with Crippen molar-refractivity contribution < 1.29 is 14.3 Å². The van der Waals surface area contributed by atoms with E-state index in [4.69, 9.17) is 4.74 Å². The summed E-state index contributed by atoms with van der Waals surface area (Å²) in [7, 11) is 0. The van der Waals surface area contributed by atoms with Crippen LogP contribution in [0.3, 0.4) is 0 Å². The summed E-state index contributed by atoms with van der Waals surface area (Å²) >= 11 is 0. The minimum atomic E-state index is -0.148. The maximum atomic E-state index is 12.9. The number of hydrogen-bond donors (Lipinski definition) is 1. The average molecular weight is 373 g/mol. The number of aromatic nitrogens is 1. The van der Waals surface area contributed by atoms with E-state index >= 15 is 0 Å². The first kappa shape index (κ1) is 17.7. The van der Waals surface area contributed by atoms with Crippen molar-refractivity contribution >= 4 is 23.2 Å². The van der Waals surface area contributed by atoms with Gasteiger partial charge in [0.25, 0.3) is 5.91 Å². The van der Waals surface area contributed by atoms with Crippen LogP contribution < -0.4 is 15.0 Å². The Labute approximate surface area is 162 Å². The van der Waals surface area contributed by atoms with E-state index in [0.717, 1.165) is 5.56 Å². The van der Waals surface area contributed by atoms with Crippen molar-refractivity contribution in [2.24, 2.45) is 0 Å². The Morgan fingerprint density at radius 2 is 1.96 bits per heavy atom. The normalized spacial score (nSPS) is 12.5. The molecule has 3 aromatic rings. The maximum Gasteiger partial charge on any atom is 0.262 e. The van der Waals surface area contributed by atoms with Gasteiger partial charge < -0.3 is 15.0 Å². The number of carbonyl (C=O) groups excluding carboxylic acids is 2. The van der Waals surface area contributed by atoms with E-state index in [2.05, 4.69) is 10.3 Å². The largest absolute Gasteiger partial charge is 0.454 e. The first-order valence-corrected chi connectivity index (χ1v) is 9.07. The monoisotopic (exact) mass is 373 g/mol. The number of pyridine rings is 1. The fourth-order valence-corrected chi connectivity index (χ4v) is 3.21. The molecule has 140 valence electrons. The van der Waals surface area contributed by atoms with Gasteiger partial charge in [-0.1, -0.05) is 18.2 Å². The van der Waals surface area contributed by atoms with E-state index in [-0.39, 0.29) is 18.2 Å². The second kappa shape index (κ2) is 7.52. The van der Waals surface area contributed by atoms with Crippen LogP contribution in [0.5, 0.6) is 11.5 Å². The van der Waals surface area contributed by atoms with Gasteiger partial charge in [0, 0.05) is 30.7 Å². The highest BCUT2D eigenvalue weighted by atomic mass is 16.5. The number of carbonyl (C=O) groups is 2. The van der Waals surface area contributed by atoms with Crippen LogP contribution in [0, 0.1) is 0 Å². The minimum absolute atomic E-state index is 0.106. The molecule has 28 heavy (non-hydrogen) atoms. The van der Waals surface area contributed by atoms with Crippen molar-refractivity contribution in [3.8, 4) is 11.5 Å². The molecule has 1 aliphatic heterocycles. The first-order valence-electron chi connectivity index (χ1n) is 9.07. The fraction of sp³-hybridized carbons (Fsp3) is 0.136. The maximum absolute atomic E-state index is 12.9. The molecule has 0 fully saturated rings. The lowest BCUT2D eigenvalue weighted by atomic mass is 10.1. The topological polar surface area (TPSA) is 71.5 Å². The number of anilines is 2. The van der Waals surface area contributed by atoms with Gasteiger partial charge in [0.1, 0.15) is 5.75 Å². The Kier molecular flexibility index (Phi) is 4.76. The van der Waals surface area contributed by atoms with Crippen LogP contribution >= 0.6 is 0 Å². The number of ether oxygens (including phenoxy) is 1. The summed E-state index contributed by atoms with van der Waals surface area (Å²) in [5, 5.41) is 2.88. The van der Waals surface area contributed by atoms with Gasteiger partial charge in [-0.3, -0.25) is 14.6 Å². The Balaban J connectivity index is 1.62. The molecule has 6 heteroatoms. The molecule has 0 saturated carbocycles. The fourth-order valence-electron chi connectivity index (χ4n) is 3.21. The van der Waals surface area contributed by atoms with Crippen molar-refractivity contribution in [3.05, 3.63) is 78.1 Å². The molecule has 4 rings (SSSR count). The average Bonchev–Trinajstić information content (AvgIpc) is 2.82. The molecule has 0 bridgehead atoms. The predicted molar refractivity (Wildman–Crippen MR) is 107 cm³/mol. The zero-order valence-electron chi connectivity index (χ0n) is 15.4. The zero-order chi connectivity index (χ0) is 19.5. The van der Waals surface area contributed by atoms with Crippen LogP contribution in [0.15, 0.2) is 67.0 Å². The number of nitrogens with zero attached hydrogens (tertiary/aromatic N) is 2. The van der Waals surface area contributed by atoms with Gasteiger partial charge in [-0.05, 0) is 42.8 Å². The van der Waals surface area contributed by atoms with Crippen LogP contribution in [0.25, 0.3) is 0 Å². The summed E-state index contributed by atoms with van der Waals surface area (Å²) < 4.78 is 6.02. The number of para-hydroxylation sites is 1. The Hall–Kier alpha value is -3.67. The predicted octanol–water partition coefficient (Wildman–Crippen LogP) is 4.04. The van der Waals surface area contributed by atoms with Crippen LogP contribution in [0.4, 0.5) is 11.4 Å². The summed E-state index contributed by atoms with van der Waals surface area (Å²) in [5.41, 5.74) is 2.63. The molecule has 0 spiro atoms. The number of amides is 2. The molecule has 6 nitrogen and oxygen atoms in total. The Morgan fingerprint density at radius 1 is 1.11 bits per heavy atom. The highest BCUT2D eigenvalue weighted by Gasteiger charge is 2.27. The summed E-state index contributed by atoms with van der Waals surface area (Å²) in [5.74, 6) is 0.776.